The molecule has 0 saturated heterocycles. The molecule has 100 valence electrons. The third kappa shape index (κ3) is 2.77. The monoisotopic (exact) mass is 275 g/mol. The number of nitriles is 1. The van der Waals surface area contributed by atoms with Crippen LogP contribution in [0.4, 0.5) is 4.39 Å². The van der Waals surface area contributed by atoms with Crippen molar-refractivity contribution >= 4 is 0 Å². The maximum absolute atomic E-state index is 13.0. The first kappa shape index (κ1) is 12.9. The third-order valence-corrected chi connectivity index (χ3v) is 3.14. The predicted molar refractivity (Wildman–Crippen MR) is 77.6 cm³/mol. The molecule has 3 aromatic rings. The van der Waals surface area contributed by atoms with E-state index in [1.165, 1.54) is 12.1 Å². The maximum atomic E-state index is 13.0. The first-order valence-corrected chi connectivity index (χ1v) is 6.35. The highest BCUT2D eigenvalue weighted by molar-refractivity contribution is 5.69. The van der Waals surface area contributed by atoms with Gasteiger partial charge in [0.1, 0.15) is 5.82 Å². The van der Waals surface area contributed by atoms with E-state index in [1.807, 2.05) is 18.2 Å². The summed E-state index contributed by atoms with van der Waals surface area (Å²) in [7, 11) is 0. The van der Waals surface area contributed by atoms with Gasteiger partial charge in [-0.2, -0.15) is 15.5 Å². The number of hydrogen-bond acceptors (Lipinski definition) is 3. The maximum Gasteiger partial charge on any atom is 0.123 e. The first-order chi connectivity index (χ1) is 10.3. The fraction of sp³-hybridized carbons (Fsp3) is 0. The lowest BCUT2D eigenvalue weighted by molar-refractivity contribution is 0.628. The van der Waals surface area contributed by atoms with Gasteiger partial charge in [-0.15, -0.1) is 0 Å². The minimum absolute atomic E-state index is 0.282. The van der Waals surface area contributed by atoms with Crippen molar-refractivity contribution in [3.8, 4) is 28.5 Å². The van der Waals surface area contributed by atoms with E-state index in [-0.39, 0.29) is 5.82 Å². The van der Waals surface area contributed by atoms with Crippen LogP contribution < -0.4 is 0 Å². The van der Waals surface area contributed by atoms with E-state index < -0.39 is 0 Å². The summed E-state index contributed by atoms with van der Waals surface area (Å²) in [6.45, 7) is 0. The van der Waals surface area contributed by atoms with Crippen molar-refractivity contribution in [2.45, 2.75) is 0 Å². The Balaban J connectivity index is 1.99. The number of rotatable bonds is 2. The zero-order valence-corrected chi connectivity index (χ0v) is 11.0. The van der Waals surface area contributed by atoms with Gasteiger partial charge >= 0.3 is 0 Å². The molecular formula is C17H10FN3. The molecule has 0 aliphatic rings. The minimum atomic E-state index is -0.282. The van der Waals surface area contributed by atoms with Gasteiger partial charge in [-0.05, 0) is 48.0 Å². The Labute approximate surface area is 121 Å². The zero-order valence-electron chi connectivity index (χ0n) is 11.0. The summed E-state index contributed by atoms with van der Waals surface area (Å²) in [6.07, 6.45) is 1.66. The molecule has 0 radical (unpaired) electrons. The van der Waals surface area contributed by atoms with Gasteiger partial charge in [0, 0.05) is 11.1 Å². The van der Waals surface area contributed by atoms with Gasteiger partial charge in [0.25, 0.3) is 0 Å². The molecule has 3 nitrogen and oxygen atoms in total. The van der Waals surface area contributed by atoms with Crippen LogP contribution in [0.1, 0.15) is 5.56 Å². The highest BCUT2D eigenvalue weighted by Gasteiger charge is 2.04. The van der Waals surface area contributed by atoms with Gasteiger partial charge in [-0.1, -0.05) is 12.1 Å². The number of benzene rings is 2. The van der Waals surface area contributed by atoms with Gasteiger partial charge in [-0.3, -0.25) is 0 Å². The largest absolute Gasteiger partial charge is 0.207 e. The van der Waals surface area contributed by atoms with Crippen molar-refractivity contribution in [3.63, 3.8) is 0 Å². The van der Waals surface area contributed by atoms with E-state index in [0.717, 1.165) is 16.7 Å². The van der Waals surface area contributed by atoms with Crippen LogP contribution in [0.2, 0.25) is 0 Å². The van der Waals surface area contributed by atoms with Crippen LogP contribution in [0.5, 0.6) is 0 Å². The molecule has 0 saturated carbocycles. The minimum Gasteiger partial charge on any atom is -0.207 e. The van der Waals surface area contributed by atoms with E-state index >= 15 is 0 Å². The van der Waals surface area contributed by atoms with E-state index in [0.29, 0.717) is 11.3 Å². The number of nitrogens with zero attached hydrogens (tertiary/aromatic N) is 3. The molecule has 0 N–H and O–H groups in total. The van der Waals surface area contributed by atoms with Gasteiger partial charge < -0.3 is 0 Å². The summed E-state index contributed by atoms with van der Waals surface area (Å²) in [5, 5.41) is 16.9. The van der Waals surface area contributed by atoms with Crippen LogP contribution in [0.25, 0.3) is 22.4 Å². The molecular weight excluding hydrogens is 265 g/mol. The molecule has 0 aliphatic heterocycles. The number of halogens is 1. The lowest BCUT2D eigenvalue weighted by atomic mass is 10.0. The Morgan fingerprint density at radius 2 is 1.52 bits per heavy atom. The Morgan fingerprint density at radius 1 is 0.857 bits per heavy atom. The van der Waals surface area contributed by atoms with E-state index in [2.05, 4.69) is 16.3 Å². The van der Waals surface area contributed by atoms with Crippen molar-refractivity contribution in [3.05, 3.63) is 72.2 Å². The Kier molecular flexibility index (Phi) is 3.40. The average Bonchev–Trinajstić information content (AvgIpc) is 2.56. The average molecular weight is 275 g/mol. The molecule has 0 atom stereocenters. The summed E-state index contributed by atoms with van der Waals surface area (Å²) in [4.78, 5) is 0. The molecule has 3 rings (SSSR count). The zero-order chi connectivity index (χ0) is 14.7. The van der Waals surface area contributed by atoms with Crippen LogP contribution in [0, 0.1) is 17.1 Å². The van der Waals surface area contributed by atoms with Crippen LogP contribution in [-0.2, 0) is 0 Å². The lowest BCUT2D eigenvalue weighted by Crippen LogP contribution is -1.89. The summed E-state index contributed by atoms with van der Waals surface area (Å²) in [5.41, 5.74) is 3.94. The smallest absolute Gasteiger partial charge is 0.123 e. The Bertz CT molecular complexity index is 803. The fourth-order valence-corrected chi connectivity index (χ4v) is 2.02. The first-order valence-electron chi connectivity index (χ1n) is 6.35. The predicted octanol–water partition coefficient (Wildman–Crippen LogP) is 3.82. The molecule has 0 spiro atoms. The summed E-state index contributed by atoms with van der Waals surface area (Å²) < 4.78 is 13.0. The molecule has 0 unspecified atom stereocenters. The van der Waals surface area contributed by atoms with Crippen LogP contribution >= 0.6 is 0 Å². The number of aromatic nitrogens is 2. The Hall–Kier alpha value is -3.06. The highest BCUT2D eigenvalue weighted by Crippen LogP contribution is 2.24. The standard InChI is InChI=1S/C17H10FN3/c18-16-7-5-14(6-8-16)17-9-15(11-20-21-17)13-3-1-12(10-19)2-4-13/h1-9,11H. The van der Waals surface area contributed by atoms with Crippen LogP contribution in [0.3, 0.4) is 0 Å². The molecule has 1 heterocycles. The van der Waals surface area contributed by atoms with Crippen molar-refractivity contribution < 1.29 is 4.39 Å². The molecule has 0 amide bonds. The van der Waals surface area contributed by atoms with Crippen LogP contribution in [0.15, 0.2) is 60.8 Å². The normalized spacial score (nSPS) is 10.1. The second-order valence-electron chi connectivity index (χ2n) is 4.53. The lowest BCUT2D eigenvalue weighted by Gasteiger charge is -2.04. The second-order valence-corrected chi connectivity index (χ2v) is 4.53. The van der Waals surface area contributed by atoms with Gasteiger partial charge in [-0.25, -0.2) is 4.39 Å². The fourth-order valence-electron chi connectivity index (χ4n) is 2.02. The van der Waals surface area contributed by atoms with Crippen molar-refractivity contribution in [1.29, 1.82) is 5.26 Å². The van der Waals surface area contributed by atoms with Gasteiger partial charge in [0.15, 0.2) is 0 Å². The van der Waals surface area contributed by atoms with Crippen molar-refractivity contribution in [2.24, 2.45) is 0 Å². The van der Waals surface area contributed by atoms with Crippen molar-refractivity contribution in [2.75, 3.05) is 0 Å². The molecule has 4 heteroatoms. The van der Waals surface area contributed by atoms with Gasteiger partial charge in [0.2, 0.25) is 0 Å². The van der Waals surface area contributed by atoms with E-state index in [4.69, 9.17) is 5.26 Å². The number of hydrogen-bond donors (Lipinski definition) is 0. The molecule has 1 aromatic heterocycles. The molecule has 2 aromatic carbocycles. The molecule has 0 bridgehead atoms. The summed E-state index contributed by atoms with van der Waals surface area (Å²) in [6, 6.07) is 17.3. The van der Waals surface area contributed by atoms with Gasteiger partial charge in [0.05, 0.1) is 23.5 Å². The topological polar surface area (TPSA) is 49.6 Å². The molecule has 21 heavy (non-hydrogen) atoms. The van der Waals surface area contributed by atoms with E-state index in [1.54, 1.807) is 30.5 Å². The second kappa shape index (κ2) is 5.51. The Morgan fingerprint density at radius 3 is 2.19 bits per heavy atom. The van der Waals surface area contributed by atoms with E-state index in [9.17, 15) is 4.39 Å². The van der Waals surface area contributed by atoms with Crippen molar-refractivity contribution in [1.82, 2.24) is 10.2 Å². The summed E-state index contributed by atoms with van der Waals surface area (Å²) in [5.74, 6) is -0.282. The highest BCUT2D eigenvalue weighted by atomic mass is 19.1. The summed E-state index contributed by atoms with van der Waals surface area (Å²) >= 11 is 0. The van der Waals surface area contributed by atoms with Crippen LogP contribution in [-0.4, -0.2) is 10.2 Å². The molecule has 0 aliphatic carbocycles. The quantitative estimate of drug-likeness (QED) is 0.714. The SMILES string of the molecule is N#Cc1ccc(-c2cnnc(-c3ccc(F)cc3)c2)cc1. The molecule has 0 fully saturated rings. The third-order valence-electron chi connectivity index (χ3n) is 3.14.